The minimum Gasteiger partial charge on any atom is -0.507 e. The van der Waals surface area contributed by atoms with Crippen LogP contribution in [0.1, 0.15) is 66.8 Å². The molecule has 0 aromatic heterocycles. The maximum atomic E-state index is 12.4. The van der Waals surface area contributed by atoms with Crippen LogP contribution < -0.4 is 5.32 Å². The molecule has 0 saturated carbocycles. The number of hydrogen-bond donors (Lipinski definition) is 5. The Labute approximate surface area is 182 Å². The van der Waals surface area contributed by atoms with E-state index in [9.17, 15) is 15.0 Å². The Morgan fingerprint density at radius 2 is 1.42 bits per heavy atom. The summed E-state index contributed by atoms with van der Waals surface area (Å²) in [5.74, 6) is -1.90. The van der Waals surface area contributed by atoms with Crippen LogP contribution >= 0.6 is 0 Å². The van der Waals surface area contributed by atoms with Crippen molar-refractivity contribution >= 4 is 17.8 Å². The summed E-state index contributed by atoms with van der Waals surface area (Å²) >= 11 is 0. The number of aryl methyl sites for hydroxylation is 1. The molecule has 0 heterocycles. The van der Waals surface area contributed by atoms with Gasteiger partial charge in [0.1, 0.15) is 5.75 Å². The van der Waals surface area contributed by atoms with E-state index in [0.29, 0.717) is 5.56 Å². The molecule has 0 saturated heterocycles. The van der Waals surface area contributed by atoms with Crippen molar-refractivity contribution in [2.45, 2.75) is 46.6 Å². The maximum Gasteiger partial charge on any atom is 0.300 e. The van der Waals surface area contributed by atoms with E-state index in [1.54, 1.807) is 19.1 Å². The van der Waals surface area contributed by atoms with Crippen LogP contribution in [0.4, 0.5) is 0 Å². The summed E-state index contributed by atoms with van der Waals surface area (Å²) in [4.78, 5) is 30.4. The van der Waals surface area contributed by atoms with Gasteiger partial charge in [-0.25, -0.2) is 0 Å². The van der Waals surface area contributed by atoms with Crippen LogP contribution in [-0.4, -0.2) is 44.8 Å². The summed E-state index contributed by atoms with van der Waals surface area (Å²) in [6.45, 7) is 7.97. The molecule has 170 valence electrons. The van der Waals surface area contributed by atoms with Crippen molar-refractivity contribution < 1.29 is 34.8 Å². The van der Waals surface area contributed by atoms with Crippen molar-refractivity contribution in [1.29, 1.82) is 0 Å². The van der Waals surface area contributed by atoms with Gasteiger partial charge in [0, 0.05) is 20.4 Å². The summed E-state index contributed by atoms with van der Waals surface area (Å²) in [7, 11) is 0. The molecule has 1 amide bonds. The average molecular weight is 434 g/mol. The van der Waals surface area contributed by atoms with E-state index < -0.39 is 18.0 Å². The van der Waals surface area contributed by atoms with Gasteiger partial charge in [0.05, 0.1) is 11.7 Å². The molecule has 2 aromatic rings. The maximum absolute atomic E-state index is 12.4. The number of aliphatic hydroxyl groups excluding tert-OH is 1. The highest BCUT2D eigenvalue weighted by atomic mass is 16.4. The predicted molar refractivity (Wildman–Crippen MR) is 117 cm³/mol. The van der Waals surface area contributed by atoms with Gasteiger partial charge in [0.15, 0.2) is 0 Å². The lowest BCUT2D eigenvalue weighted by Crippen LogP contribution is -2.29. The molecule has 8 heteroatoms. The SMILES string of the molecule is CC(=O)O.CC(=O)O.Cc1ccc(C(C)C)c(O)c1C(=O)NCC(O)c1ccccc1. The molecular weight excluding hydrogens is 402 g/mol. The Bertz CT molecular complexity index is 844. The van der Waals surface area contributed by atoms with Crippen LogP contribution in [0.15, 0.2) is 42.5 Å². The van der Waals surface area contributed by atoms with Crippen molar-refractivity contribution in [2.24, 2.45) is 0 Å². The van der Waals surface area contributed by atoms with Gasteiger partial charge in [-0.2, -0.15) is 0 Å². The number of carboxylic acids is 2. The smallest absolute Gasteiger partial charge is 0.300 e. The molecule has 31 heavy (non-hydrogen) atoms. The van der Waals surface area contributed by atoms with E-state index in [4.69, 9.17) is 19.8 Å². The highest BCUT2D eigenvalue weighted by molar-refractivity contribution is 5.98. The molecule has 8 nitrogen and oxygen atoms in total. The van der Waals surface area contributed by atoms with Crippen LogP contribution in [0.5, 0.6) is 5.75 Å². The Balaban J connectivity index is 0.000000967. The lowest BCUT2D eigenvalue weighted by molar-refractivity contribution is -0.135. The average Bonchev–Trinajstić information content (AvgIpc) is 2.65. The molecule has 0 aliphatic rings. The van der Waals surface area contributed by atoms with Gasteiger partial charge in [-0.1, -0.05) is 56.3 Å². The monoisotopic (exact) mass is 433 g/mol. The zero-order valence-electron chi connectivity index (χ0n) is 18.4. The summed E-state index contributed by atoms with van der Waals surface area (Å²) < 4.78 is 0. The largest absolute Gasteiger partial charge is 0.507 e. The van der Waals surface area contributed by atoms with Gasteiger partial charge in [0.2, 0.25) is 0 Å². The number of nitrogens with one attached hydrogen (secondary N) is 1. The number of aliphatic carboxylic acids is 2. The zero-order chi connectivity index (χ0) is 24.1. The fourth-order valence-electron chi connectivity index (χ4n) is 2.53. The van der Waals surface area contributed by atoms with E-state index in [0.717, 1.165) is 25.0 Å². The summed E-state index contributed by atoms with van der Waals surface area (Å²) in [6.07, 6.45) is -0.782. The number of amides is 1. The molecule has 5 N–H and O–H groups in total. The first kappa shape index (κ1) is 27.6. The number of rotatable bonds is 5. The second-order valence-electron chi connectivity index (χ2n) is 7.02. The fraction of sp³-hybridized carbons (Fsp3) is 0.348. The number of carboxylic acid groups (broad SMARTS) is 2. The van der Waals surface area contributed by atoms with Crippen molar-refractivity contribution in [1.82, 2.24) is 5.32 Å². The fourth-order valence-corrected chi connectivity index (χ4v) is 2.53. The third-order valence-electron chi connectivity index (χ3n) is 3.91. The highest BCUT2D eigenvalue weighted by Crippen LogP contribution is 2.31. The van der Waals surface area contributed by atoms with Crippen LogP contribution in [0, 0.1) is 6.92 Å². The number of benzene rings is 2. The summed E-state index contributed by atoms with van der Waals surface area (Å²) in [5.41, 5.74) is 2.46. The molecule has 0 spiro atoms. The lowest BCUT2D eigenvalue weighted by atomic mass is 9.95. The second kappa shape index (κ2) is 13.8. The minimum absolute atomic E-state index is 0.0201. The number of phenols is 1. The van der Waals surface area contributed by atoms with Gasteiger partial charge < -0.3 is 25.7 Å². The number of carbonyl (C=O) groups excluding carboxylic acids is 1. The third-order valence-corrected chi connectivity index (χ3v) is 3.91. The van der Waals surface area contributed by atoms with E-state index in [1.807, 2.05) is 44.2 Å². The molecular formula is C23H31NO7. The van der Waals surface area contributed by atoms with E-state index in [2.05, 4.69) is 5.32 Å². The number of hydrogen-bond acceptors (Lipinski definition) is 5. The third kappa shape index (κ3) is 10.8. The van der Waals surface area contributed by atoms with Gasteiger partial charge in [-0.05, 0) is 29.5 Å². The Morgan fingerprint density at radius 3 is 1.87 bits per heavy atom. The molecule has 0 radical (unpaired) electrons. The first-order valence-electron chi connectivity index (χ1n) is 9.61. The van der Waals surface area contributed by atoms with Crippen molar-refractivity contribution in [3.63, 3.8) is 0 Å². The molecule has 0 fully saturated rings. The van der Waals surface area contributed by atoms with Crippen LogP contribution in [0.25, 0.3) is 0 Å². The number of carbonyl (C=O) groups is 3. The van der Waals surface area contributed by atoms with Crippen LogP contribution in [-0.2, 0) is 9.59 Å². The first-order valence-corrected chi connectivity index (χ1v) is 9.61. The van der Waals surface area contributed by atoms with Gasteiger partial charge in [-0.15, -0.1) is 0 Å². The summed E-state index contributed by atoms with van der Waals surface area (Å²) in [5, 5.41) is 38.0. The number of aliphatic hydroxyl groups is 1. The second-order valence-corrected chi connectivity index (χ2v) is 7.02. The molecule has 0 aliphatic carbocycles. The Morgan fingerprint density at radius 1 is 0.935 bits per heavy atom. The van der Waals surface area contributed by atoms with Crippen molar-refractivity contribution in [3.05, 3.63) is 64.7 Å². The Kier molecular flexibility index (Phi) is 12.3. The quantitative estimate of drug-likeness (QED) is 0.485. The zero-order valence-corrected chi connectivity index (χ0v) is 18.4. The van der Waals surface area contributed by atoms with Gasteiger partial charge >= 0.3 is 0 Å². The van der Waals surface area contributed by atoms with Gasteiger partial charge in [0.25, 0.3) is 17.8 Å². The van der Waals surface area contributed by atoms with Crippen LogP contribution in [0.3, 0.4) is 0 Å². The molecule has 0 aliphatic heterocycles. The van der Waals surface area contributed by atoms with Gasteiger partial charge in [-0.3, -0.25) is 14.4 Å². The highest BCUT2D eigenvalue weighted by Gasteiger charge is 2.19. The molecule has 0 bridgehead atoms. The normalized spacial score (nSPS) is 10.7. The van der Waals surface area contributed by atoms with Crippen molar-refractivity contribution in [3.8, 4) is 5.75 Å². The van der Waals surface area contributed by atoms with E-state index in [1.165, 1.54) is 0 Å². The lowest BCUT2D eigenvalue weighted by Gasteiger charge is -2.16. The molecule has 1 atom stereocenters. The minimum atomic E-state index is -0.833. The topological polar surface area (TPSA) is 144 Å². The summed E-state index contributed by atoms with van der Waals surface area (Å²) in [6, 6.07) is 12.8. The molecule has 2 aromatic carbocycles. The van der Waals surface area contributed by atoms with Crippen LogP contribution in [0.2, 0.25) is 0 Å². The molecule has 2 rings (SSSR count). The number of phenolic OH excluding ortho intramolecular Hbond substituents is 1. The number of aromatic hydroxyl groups is 1. The first-order chi connectivity index (χ1) is 14.4. The predicted octanol–water partition coefficient (Wildman–Crippen LogP) is 3.47. The van der Waals surface area contributed by atoms with E-state index >= 15 is 0 Å². The van der Waals surface area contributed by atoms with E-state index in [-0.39, 0.29) is 29.7 Å². The standard InChI is InChI=1S/C19H23NO3.2C2H4O2/c1-12(2)15-10-9-13(3)17(18(15)22)19(23)20-11-16(21)14-7-5-4-6-8-14;2*1-2(3)4/h4-10,12,16,21-22H,11H2,1-3H3,(H,20,23);2*1H3,(H,3,4). The van der Waals surface area contributed by atoms with Crippen molar-refractivity contribution in [2.75, 3.05) is 6.54 Å². The molecule has 1 unspecified atom stereocenters. The Hall–Kier alpha value is -3.39.